The third-order valence-corrected chi connectivity index (χ3v) is 2.97. The van der Waals surface area contributed by atoms with E-state index in [0.717, 1.165) is 31.2 Å². The smallest absolute Gasteiger partial charge is 0.196 e. The van der Waals surface area contributed by atoms with Crippen molar-refractivity contribution in [2.75, 3.05) is 18.9 Å². The van der Waals surface area contributed by atoms with Gasteiger partial charge in [-0.2, -0.15) is 0 Å². The van der Waals surface area contributed by atoms with Gasteiger partial charge in [-0.3, -0.25) is 4.99 Å². The first kappa shape index (κ1) is 8.91. The van der Waals surface area contributed by atoms with Crippen LogP contribution < -0.4 is 0 Å². The summed E-state index contributed by atoms with van der Waals surface area (Å²) in [5, 5.41) is 0.517. The van der Waals surface area contributed by atoms with Gasteiger partial charge >= 0.3 is 0 Å². The van der Waals surface area contributed by atoms with E-state index in [0.29, 0.717) is 5.25 Å². The van der Waals surface area contributed by atoms with E-state index < -0.39 is 0 Å². The molecule has 0 saturated heterocycles. The molecule has 11 heavy (non-hydrogen) atoms. The van der Waals surface area contributed by atoms with E-state index in [9.17, 15) is 0 Å². The highest BCUT2D eigenvalue weighted by molar-refractivity contribution is 8.00. The molecular formula is C8H15NOS. The molecule has 1 atom stereocenters. The van der Waals surface area contributed by atoms with Gasteiger partial charge in [0.25, 0.3) is 0 Å². The third kappa shape index (κ3) is 2.40. The molecule has 0 fully saturated rings. The monoisotopic (exact) mass is 173 g/mol. The van der Waals surface area contributed by atoms with Crippen LogP contribution in [-0.4, -0.2) is 30.1 Å². The molecule has 1 aliphatic heterocycles. The SMILES string of the molecule is CCOC1=NCCSC1CC. The first-order valence-electron chi connectivity index (χ1n) is 4.17. The molecule has 0 bridgehead atoms. The predicted octanol–water partition coefficient (Wildman–Crippen LogP) is 1.95. The van der Waals surface area contributed by atoms with E-state index in [2.05, 4.69) is 11.9 Å². The fourth-order valence-corrected chi connectivity index (χ4v) is 2.10. The highest BCUT2D eigenvalue weighted by atomic mass is 32.2. The van der Waals surface area contributed by atoms with Crippen LogP contribution in [0.15, 0.2) is 4.99 Å². The summed E-state index contributed by atoms with van der Waals surface area (Å²) in [6.45, 7) is 5.86. The quantitative estimate of drug-likeness (QED) is 0.636. The van der Waals surface area contributed by atoms with Gasteiger partial charge in [0.05, 0.1) is 18.4 Å². The normalized spacial score (nSPS) is 24.5. The fourth-order valence-electron chi connectivity index (χ4n) is 1.10. The Morgan fingerprint density at radius 1 is 1.64 bits per heavy atom. The Bertz CT molecular complexity index is 147. The Kier molecular flexibility index (Phi) is 3.77. The van der Waals surface area contributed by atoms with Crippen LogP contribution in [0.2, 0.25) is 0 Å². The van der Waals surface area contributed by atoms with Crippen molar-refractivity contribution >= 4 is 17.7 Å². The third-order valence-electron chi connectivity index (χ3n) is 1.62. The molecule has 3 heteroatoms. The number of aliphatic imine (C=N–C) groups is 1. The van der Waals surface area contributed by atoms with Crippen LogP contribution in [0.3, 0.4) is 0 Å². The molecule has 2 nitrogen and oxygen atoms in total. The van der Waals surface area contributed by atoms with Crippen molar-refractivity contribution in [3.05, 3.63) is 0 Å². The second kappa shape index (κ2) is 4.65. The Morgan fingerprint density at radius 2 is 2.45 bits per heavy atom. The van der Waals surface area contributed by atoms with Gasteiger partial charge in [0.15, 0.2) is 5.90 Å². The lowest BCUT2D eigenvalue weighted by atomic mass is 10.3. The zero-order valence-corrected chi connectivity index (χ0v) is 7.99. The lowest BCUT2D eigenvalue weighted by Gasteiger charge is -2.20. The van der Waals surface area contributed by atoms with Gasteiger partial charge in [-0.25, -0.2) is 0 Å². The summed E-state index contributed by atoms with van der Waals surface area (Å²) in [4.78, 5) is 4.35. The summed E-state index contributed by atoms with van der Waals surface area (Å²) in [6.07, 6.45) is 1.13. The summed E-state index contributed by atoms with van der Waals surface area (Å²) in [5.41, 5.74) is 0. The van der Waals surface area contributed by atoms with Crippen LogP contribution in [-0.2, 0) is 4.74 Å². The summed E-state index contributed by atoms with van der Waals surface area (Å²) < 4.78 is 5.42. The summed E-state index contributed by atoms with van der Waals surface area (Å²) in [5.74, 6) is 2.11. The van der Waals surface area contributed by atoms with Crippen LogP contribution >= 0.6 is 11.8 Å². The second-order valence-corrected chi connectivity index (χ2v) is 3.73. The average Bonchev–Trinajstić information content (AvgIpc) is 2.06. The molecule has 0 spiro atoms. The topological polar surface area (TPSA) is 21.6 Å². The minimum atomic E-state index is 0.517. The maximum Gasteiger partial charge on any atom is 0.196 e. The van der Waals surface area contributed by atoms with Crippen molar-refractivity contribution in [3.8, 4) is 0 Å². The Labute approximate surface area is 72.4 Å². The maximum atomic E-state index is 5.42. The molecule has 1 unspecified atom stereocenters. The van der Waals surface area contributed by atoms with E-state index in [1.807, 2.05) is 18.7 Å². The van der Waals surface area contributed by atoms with Gasteiger partial charge in [0.2, 0.25) is 0 Å². The zero-order valence-electron chi connectivity index (χ0n) is 7.17. The van der Waals surface area contributed by atoms with E-state index in [-0.39, 0.29) is 0 Å². The summed E-state index contributed by atoms with van der Waals surface area (Å²) in [7, 11) is 0. The van der Waals surface area contributed by atoms with Crippen molar-refractivity contribution in [3.63, 3.8) is 0 Å². The van der Waals surface area contributed by atoms with Crippen LogP contribution in [0, 0.1) is 0 Å². The minimum Gasteiger partial charge on any atom is -0.480 e. The number of nitrogens with zero attached hydrogens (tertiary/aromatic N) is 1. The van der Waals surface area contributed by atoms with Gasteiger partial charge in [0, 0.05) is 5.75 Å². The molecule has 0 N–H and O–H groups in total. The van der Waals surface area contributed by atoms with Crippen molar-refractivity contribution < 1.29 is 4.74 Å². The molecule has 0 saturated carbocycles. The molecule has 0 aliphatic carbocycles. The molecule has 64 valence electrons. The van der Waals surface area contributed by atoms with E-state index >= 15 is 0 Å². The van der Waals surface area contributed by atoms with Crippen LogP contribution in [0.4, 0.5) is 0 Å². The summed E-state index contributed by atoms with van der Waals surface area (Å²) in [6, 6.07) is 0. The number of rotatable bonds is 2. The van der Waals surface area contributed by atoms with Crippen molar-refractivity contribution in [1.82, 2.24) is 0 Å². The van der Waals surface area contributed by atoms with Crippen LogP contribution in [0.5, 0.6) is 0 Å². The second-order valence-electron chi connectivity index (χ2n) is 2.42. The molecule has 0 radical (unpaired) electrons. The van der Waals surface area contributed by atoms with Crippen molar-refractivity contribution in [2.24, 2.45) is 4.99 Å². The van der Waals surface area contributed by atoms with Gasteiger partial charge in [-0.05, 0) is 13.3 Å². The molecule has 0 amide bonds. The van der Waals surface area contributed by atoms with E-state index in [1.54, 1.807) is 0 Å². The average molecular weight is 173 g/mol. The zero-order chi connectivity index (χ0) is 8.10. The highest BCUT2D eigenvalue weighted by Gasteiger charge is 2.18. The Morgan fingerprint density at radius 3 is 3.09 bits per heavy atom. The summed E-state index contributed by atoms with van der Waals surface area (Å²) >= 11 is 1.96. The Hall–Kier alpha value is -0.180. The van der Waals surface area contributed by atoms with E-state index in [4.69, 9.17) is 4.74 Å². The number of hydrogen-bond donors (Lipinski definition) is 0. The lowest BCUT2D eigenvalue weighted by Crippen LogP contribution is -2.24. The first-order chi connectivity index (χ1) is 5.38. The molecule has 0 aromatic heterocycles. The number of thioether (sulfide) groups is 1. The molecule has 1 aliphatic rings. The minimum absolute atomic E-state index is 0.517. The molecule has 0 aromatic rings. The van der Waals surface area contributed by atoms with Gasteiger partial charge in [-0.1, -0.05) is 6.92 Å². The van der Waals surface area contributed by atoms with Crippen molar-refractivity contribution in [1.29, 1.82) is 0 Å². The first-order valence-corrected chi connectivity index (χ1v) is 5.22. The molecule has 1 rings (SSSR count). The highest BCUT2D eigenvalue weighted by Crippen LogP contribution is 2.20. The van der Waals surface area contributed by atoms with Gasteiger partial charge < -0.3 is 4.74 Å². The van der Waals surface area contributed by atoms with Gasteiger partial charge in [0.1, 0.15) is 0 Å². The maximum absolute atomic E-state index is 5.42. The number of ether oxygens (including phenoxy) is 1. The van der Waals surface area contributed by atoms with Gasteiger partial charge in [-0.15, -0.1) is 11.8 Å². The van der Waals surface area contributed by atoms with Crippen LogP contribution in [0.1, 0.15) is 20.3 Å². The lowest BCUT2D eigenvalue weighted by molar-refractivity contribution is 0.316. The molecule has 1 heterocycles. The van der Waals surface area contributed by atoms with E-state index in [1.165, 1.54) is 0 Å². The van der Waals surface area contributed by atoms with Crippen molar-refractivity contribution in [2.45, 2.75) is 25.5 Å². The van der Waals surface area contributed by atoms with Crippen LogP contribution in [0.25, 0.3) is 0 Å². The Balaban J connectivity index is 2.48. The standard InChI is InChI=1S/C8H15NOS/c1-3-7-8(10-4-2)9-5-6-11-7/h7H,3-6H2,1-2H3. The molecule has 0 aromatic carbocycles. The predicted molar refractivity (Wildman–Crippen MR) is 50.5 cm³/mol. The number of hydrogen-bond acceptors (Lipinski definition) is 3. The molecular weight excluding hydrogens is 158 g/mol. The fraction of sp³-hybridized carbons (Fsp3) is 0.875. The largest absolute Gasteiger partial charge is 0.480 e.